The smallest absolute Gasteiger partial charge is 0.278 e. The van der Waals surface area contributed by atoms with Gasteiger partial charge in [0.1, 0.15) is 17.2 Å². The van der Waals surface area contributed by atoms with E-state index in [0.29, 0.717) is 18.7 Å². The third-order valence-corrected chi connectivity index (χ3v) is 8.12. The Morgan fingerprint density at radius 1 is 1.05 bits per heavy atom. The molecule has 2 heterocycles. The second kappa shape index (κ2) is 11.6. The van der Waals surface area contributed by atoms with Crippen LogP contribution < -0.4 is 9.46 Å². The molecule has 200 valence electrons. The number of hydrogen-bond donors (Lipinski definition) is 2. The molecule has 5 aromatic rings. The maximum Gasteiger partial charge on any atom is 0.278 e. The summed E-state index contributed by atoms with van der Waals surface area (Å²) in [5.41, 5.74) is 7.09. The van der Waals surface area contributed by atoms with Crippen molar-refractivity contribution in [2.24, 2.45) is 0 Å². The van der Waals surface area contributed by atoms with Crippen molar-refractivity contribution in [2.75, 3.05) is 6.61 Å². The molecule has 5 rings (SSSR count). The molecule has 0 unspecified atom stereocenters. The van der Waals surface area contributed by atoms with Crippen LogP contribution in [0.2, 0.25) is 5.02 Å². The number of aryl methyl sites for hydroxylation is 5. The fourth-order valence-electron chi connectivity index (χ4n) is 4.88. The fraction of sp³-hybridized carbons (Fsp3) is 0.226. The molecule has 1 amide bonds. The third-order valence-electron chi connectivity index (χ3n) is 6.73. The molecule has 0 saturated carbocycles. The molecule has 0 radical (unpaired) electrons. The number of amides is 1. The van der Waals surface area contributed by atoms with E-state index in [-0.39, 0.29) is 5.91 Å². The van der Waals surface area contributed by atoms with E-state index in [2.05, 4.69) is 20.9 Å². The predicted octanol–water partition coefficient (Wildman–Crippen LogP) is 8.16. The lowest BCUT2D eigenvalue weighted by Gasteiger charge is -2.10. The molecule has 0 saturated heterocycles. The van der Waals surface area contributed by atoms with Crippen LogP contribution in [0.3, 0.4) is 0 Å². The van der Waals surface area contributed by atoms with E-state index in [9.17, 15) is 4.79 Å². The van der Waals surface area contributed by atoms with Crippen LogP contribution >= 0.6 is 23.5 Å². The first-order valence-corrected chi connectivity index (χ1v) is 14.0. The van der Waals surface area contributed by atoms with Gasteiger partial charge in [-0.05, 0) is 93.4 Å². The molecule has 0 spiro atoms. The van der Waals surface area contributed by atoms with Gasteiger partial charge in [0.05, 0.1) is 17.8 Å². The molecule has 8 heteroatoms. The van der Waals surface area contributed by atoms with Crippen molar-refractivity contribution in [1.82, 2.24) is 14.9 Å². The maximum absolute atomic E-state index is 13.5. The highest BCUT2D eigenvalue weighted by Crippen LogP contribution is 2.36. The van der Waals surface area contributed by atoms with Crippen LogP contribution in [0.15, 0.2) is 70.1 Å². The third kappa shape index (κ3) is 5.70. The van der Waals surface area contributed by atoms with Gasteiger partial charge in [0, 0.05) is 26.4 Å². The number of carbonyl (C=O) groups is 1. The number of para-hydroxylation sites is 1. The van der Waals surface area contributed by atoms with E-state index < -0.39 is 0 Å². The number of rotatable bonds is 9. The minimum Gasteiger partial charge on any atom is -0.494 e. The highest BCUT2D eigenvalue weighted by molar-refractivity contribution is 7.98. The van der Waals surface area contributed by atoms with E-state index in [0.717, 1.165) is 72.3 Å². The second-order valence-electron chi connectivity index (χ2n) is 9.58. The van der Waals surface area contributed by atoms with Crippen molar-refractivity contribution in [3.8, 4) is 16.9 Å². The van der Waals surface area contributed by atoms with Gasteiger partial charge in [-0.1, -0.05) is 53.2 Å². The molecule has 0 aliphatic carbocycles. The summed E-state index contributed by atoms with van der Waals surface area (Å²) in [5.74, 6) is 1.36. The number of ether oxygens (including phenoxy) is 1. The summed E-state index contributed by atoms with van der Waals surface area (Å²) in [6, 6.07) is 19.8. The van der Waals surface area contributed by atoms with Gasteiger partial charge in [-0.25, -0.2) is 0 Å². The van der Waals surface area contributed by atoms with Crippen molar-refractivity contribution < 1.29 is 14.1 Å². The first-order chi connectivity index (χ1) is 18.8. The number of aromatic nitrogens is 2. The minimum absolute atomic E-state index is 0.176. The summed E-state index contributed by atoms with van der Waals surface area (Å²) in [6.07, 6.45) is 1.39. The van der Waals surface area contributed by atoms with Gasteiger partial charge in [0.15, 0.2) is 0 Å². The summed E-state index contributed by atoms with van der Waals surface area (Å²) < 4.78 is 14.5. The first kappa shape index (κ1) is 26.9. The molecule has 39 heavy (non-hydrogen) atoms. The zero-order chi connectivity index (χ0) is 27.5. The molecule has 0 atom stereocenters. The highest BCUT2D eigenvalue weighted by Gasteiger charge is 2.22. The van der Waals surface area contributed by atoms with Crippen molar-refractivity contribution >= 4 is 40.4 Å². The van der Waals surface area contributed by atoms with Crippen LogP contribution in [0.1, 0.15) is 45.1 Å². The molecule has 0 fully saturated rings. The van der Waals surface area contributed by atoms with Gasteiger partial charge in [-0.2, -0.15) is 0 Å². The zero-order valence-electron chi connectivity index (χ0n) is 22.4. The Bertz CT molecular complexity index is 1600. The highest BCUT2D eigenvalue weighted by atomic mass is 35.5. The molecule has 6 nitrogen and oxygen atoms in total. The number of hydrogen-bond acceptors (Lipinski definition) is 5. The number of nitrogens with one attached hydrogen (secondary N) is 2. The van der Waals surface area contributed by atoms with Crippen LogP contribution in [0.25, 0.3) is 22.0 Å². The lowest BCUT2D eigenvalue weighted by molar-refractivity contribution is 0.0979. The zero-order valence-corrected chi connectivity index (χ0v) is 23.9. The van der Waals surface area contributed by atoms with Crippen LogP contribution in [0.4, 0.5) is 0 Å². The normalized spacial score (nSPS) is 11.2. The number of fused-ring (bicyclic) bond motifs is 1. The van der Waals surface area contributed by atoms with E-state index in [4.69, 9.17) is 20.9 Å². The van der Waals surface area contributed by atoms with E-state index in [1.807, 2.05) is 82.3 Å². The number of aromatic amines is 1. The molecule has 2 N–H and O–H groups in total. The fourth-order valence-corrected chi connectivity index (χ4v) is 5.59. The number of halogens is 1. The number of benzene rings is 3. The summed E-state index contributed by atoms with van der Waals surface area (Å²) in [6.45, 7) is 8.29. The van der Waals surface area contributed by atoms with Crippen LogP contribution in [0, 0.1) is 27.7 Å². The van der Waals surface area contributed by atoms with Gasteiger partial charge in [-0.15, -0.1) is 0 Å². The number of nitrogens with zero attached hydrogens (tertiary/aromatic N) is 1. The molecule has 0 aliphatic rings. The lowest BCUT2D eigenvalue weighted by atomic mass is 9.99. The summed E-state index contributed by atoms with van der Waals surface area (Å²) in [4.78, 5) is 17.9. The van der Waals surface area contributed by atoms with Crippen LogP contribution in [0.5, 0.6) is 5.75 Å². The Morgan fingerprint density at radius 3 is 2.49 bits per heavy atom. The summed E-state index contributed by atoms with van der Waals surface area (Å²) in [7, 11) is 0. The molecule has 0 aliphatic heterocycles. The Kier molecular flexibility index (Phi) is 8.00. The molecule has 3 aromatic carbocycles. The molecular formula is C31H30ClN3O3S. The van der Waals surface area contributed by atoms with E-state index >= 15 is 0 Å². The van der Waals surface area contributed by atoms with Crippen molar-refractivity contribution in [2.45, 2.75) is 45.4 Å². The standard InChI is InChI=1S/C31H30ClN3O3S/c1-18-16-22(17-19(2)28(18)32)37-15-9-14-25-24-12-8-13-26(27-20(3)34-38-21(27)4)29(24)33-30(25)31(36)35-39-23-10-6-5-7-11-23/h5-8,10-13,16-17,33H,9,14-15H2,1-4H3,(H,35,36). The second-order valence-corrected chi connectivity index (χ2v) is 10.8. The van der Waals surface area contributed by atoms with Crippen molar-refractivity contribution in [1.29, 1.82) is 0 Å². The Balaban J connectivity index is 1.43. The maximum atomic E-state index is 13.5. The Morgan fingerprint density at radius 2 is 1.79 bits per heavy atom. The van der Waals surface area contributed by atoms with E-state index in [1.165, 1.54) is 11.9 Å². The predicted molar refractivity (Wildman–Crippen MR) is 158 cm³/mol. The van der Waals surface area contributed by atoms with Gasteiger partial charge >= 0.3 is 0 Å². The largest absolute Gasteiger partial charge is 0.494 e. The van der Waals surface area contributed by atoms with Crippen molar-refractivity contribution in [3.05, 3.63) is 99.5 Å². The first-order valence-electron chi connectivity index (χ1n) is 12.8. The van der Waals surface area contributed by atoms with E-state index in [1.54, 1.807) is 0 Å². The van der Waals surface area contributed by atoms with Crippen LogP contribution in [-0.2, 0) is 6.42 Å². The van der Waals surface area contributed by atoms with Crippen LogP contribution in [-0.4, -0.2) is 22.7 Å². The number of H-pyrrole nitrogens is 1. The van der Waals surface area contributed by atoms with Gasteiger partial charge in [0.2, 0.25) is 0 Å². The van der Waals surface area contributed by atoms with Gasteiger partial charge < -0.3 is 14.2 Å². The van der Waals surface area contributed by atoms with Crippen molar-refractivity contribution in [3.63, 3.8) is 0 Å². The summed E-state index contributed by atoms with van der Waals surface area (Å²) >= 11 is 7.60. The molecule has 0 bridgehead atoms. The minimum atomic E-state index is -0.176. The topological polar surface area (TPSA) is 80.1 Å². The quantitative estimate of drug-likeness (QED) is 0.141. The average molecular weight is 560 g/mol. The monoisotopic (exact) mass is 559 g/mol. The van der Waals surface area contributed by atoms with Gasteiger partial charge in [-0.3, -0.25) is 9.52 Å². The lowest BCUT2D eigenvalue weighted by Crippen LogP contribution is -2.18. The SMILES string of the molecule is Cc1cc(OCCCc2c(C(=O)NSc3ccccc3)[nH]c3c(-c4c(C)noc4C)cccc23)cc(C)c1Cl. The molecule has 2 aromatic heterocycles. The Hall–Kier alpha value is -3.68. The van der Waals surface area contributed by atoms with Gasteiger partial charge in [0.25, 0.3) is 5.91 Å². The summed E-state index contributed by atoms with van der Waals surface area (Å²) in [5, 5.41) is 5.90. The number of carbonyl (C=O) groups excluding carboxylic acids is 1. The molecular weight excluding hydrogens is 530 g/mol. The average Bonchev–Trinajstić information content (AvgIpc) is 3.48. The Labute approximate surface area is 237 Å².